The second-order valence-electron chi connectivity index (χ2n) is 4.35. The van der Waals surface area contributed by atoms with E-state index in [1.165, 1.54) is 18.2 Å². The molecule has 0 amide bonds. The van der Waals surface area contributed by atoms with Crippen LogP contribution in [0.1, 0.15) is 13.8 Å². The van der Waals surface area contributed by atoms with Crippen LogP contribution in [-0.2, 0) is 10.0 Å². The van der Waals surface area contributed by atoms with E-state index in [-0.39, 0.29) is 25.8 Å². The smallest absolute Gasteiger partial charge is 0.241 e. The SMILES string of the molecule is CC(C)C(NS(=O)(=O)c1cc(Cl)cc(Cl)c1)C(N)=S. The first-order valence-corrected chi connectivity index (χ1v) is 8.06. The number of thiocarbonyl (C=S) groups is 1. The predicted octanol–water partition coefficient (Wildman–Crippen LogP) is 2.58. The summed E-state index contributed by atoms with van der Waals surface area (Å²) in [5.41, 5.74) is 5.54. The number of hydrogen-bond donors (Lipinski definition) is 2. The molecule has 0 fully saturated rings. The van der Waals surface area contributed by atoms with Crippen molar-refractivity contribution in [2.45, 2.75) is 24.8 Å². The van der Waals surface area contributed by atoms with Crippen LogP contribution in [0, 0.1) is 5.92 Å². The number of halogens is 2. The van der Waals surface area contributed by atoms with Crippen LogP contribution < -0.4 is 10.5 Å². The van der Waals surface area contributed by atoms with E-state index in [2.05, 4.69) is 4.72 Å². The van der Waals surface area contributed by atoms with Gasteiger partial charge >= 0.3 is 0 Å². The zero-order chi connectivity index (χ0) is 14.8. The van der Waals surface area contributed by atoms with Gasteiger partial charge in [0.2, 0.25) is 10.0 Å². The van der Waals surface area contributed by atoms with Gasteiger partial charge in [-0.3, -0.25) is 0 Å². The minimum Gasteiger partial charge on any atom is -0.392 e. The Morgan fingerprint density at radius 3 is 2.11 bits per heavy atom. The lowest BCUT2D eigenvalue weighted by Crippen LogP contribution is -2.46. The van der Waals surface area contributed by atoms with E-state index >= 15 is 0 Å². The number of nitrogens with one attached hydrogen (secondary N) is 1. The Morgan fingerprint density at radius 1 is 1.26 bits per heavy atom. The number of rotatable bonds is 5. The second-order valence-corrected chi connectivity index (χ2v) is 7.41. The first kappa shape index (κ1) is 16.7. The van der Waals surface area contributed by atoms with Crippen LogP contribution in [-0.4, -0.2) is 19.4 Å². The summed E-state index contributed by atoms with van der Waals surface area (Å²) in [5.74, 6) is -0.0677. The van der Waals surface area contributed by atoms with Gasteiger partial charge in [0.1, 0.15) is 0 Å². The van der Waals surface area contributed by atoms with E-state index < -0.39 is 16.1 Å². The van der Waals surface area contributed by atoms with E-state index in [1.54, 1.807) is 0 Å². The van der Waals surface area contributed by atoms with Crippen molar-refractivity contribution in [1.29, 1.82) is 0 Å². The second kappa shape index (κ2) is 6.37. The third-order valence-corrected chi connectivity index (χ3v) is 4.51. The number of benzene rings is 1. The summed E-state index contributed by atoms with van der Waals surface area (Å²) in [6.45, 7) is 3.63. The molecule has 3 N–H and O–H groups in total. The van der Waals surface area contributed by atoms with Crippen molar-refractivity contribution in [1.82, 2.24) is 4.72 Å². The highest BCUT2D eigenvalue weighted by Gasteiger charge is 2.25. The first-order valence-electron chi connectivity index (χ1n) is 5.41. The molecule has 1 aromatic rings. The maximum Gasteiger partial charge on any atom is 0.241 e. The highest BCUT2D eigenvalue weighted by Crippen LogP contribution is 2.22. The summed E-state index contributed by atoms with van der Waals surface area (Å²) < 4.78 is 26.9. The van der Waals surface area contributed by atoms with Gasteiger partial charge in [-0.15, -0.1) is 0 Å². The summed E-state index contributed by atoms with van der Waals surface area (Å²) in [6.07, 6.45) is 0. The molecule has 1 aromatic carbocycles. The predicted molar refractivity (Wildman–Crippen MR) is 82.2 cm³/mol. The zero-order valence-corrected chi connectivity index (χ0v) is 13.5. The van der Waals surface area contributed by atoms with Crippen molar-refractivity contribution in [3.63, 3.8) is 0 Å². The Morgan fingerprint density at radius 2 is 1.74 bits per heavy atom. The highest BCUT2D eigenvalue weighted by molar-refractivity contribution is 7.89. The molecule has 0 heterocycles. The summed E-state index contributed by atoms with van der Waals surface area (Å²) in [6, 6.07) is 3.45. The van der Waals surface area contributed by atoms with Crippen molar-refractivity contribution in [2.24, 2.45) is 11.7 Å². The average Bonchev–Trinajstić information content (AvgIpc) is 2.23. The molecule has 1 rings (SSSR count). The van der Waals surface area contributed by atoms with Gasteiger partial charge in [-0.1, -0.05) is 49.3 Å². The van der Waals surface area contributed by atoms with E-state index in [1.807, 2.05) is 13.8 Å². The minimum atomic E-state index is -3.78. The maximum atomic E-state index is 12.2. The molecule has 1 atom stereocenters. The maximum absolute atomic E-state index is 12.2. The number of nitrogens with two attached hydrogens (primary N) is 1. The quantitative estimate of drug-likeness (QED) is 0.808. The molecule has 4 nitrogen and oxygen atoms in total. The van der Waals surface area contributed by atoms with E-state index in [0.717, 1.165) is 0 Å². The van der Waals surface area contributed by atoms with Gasteiger partial charge in [-0.2, -0.15) is 0 Å². The first-order chi connectivity index (χ1) is 8.63. The lowest BCUT2D eigenvalue weighted by Gasteiger charge is -2.21. The van der Waals surface area contributed by atoms with Gasteiger partial charge in [0.15, 0.2) is 0 Å². The molecule has 1 unspecified atom stereocenters. The van der Waals surface area contributed by atoms with Crippen LogP contribution in [0.3, 0.4) is 0 Å². The van der Waals surface area contributed by atoms with Gasteiger partial charge in [-0.05, 0) is 24.1 Å². The Hall–Kier alpha value is -0.400. The Balaban J connectivity index is 3.13. The van der Waals surface area contributed by atoms with Crippen molar-refractivity contribution in [3.8, 4) is 0 Å². The normalized spacial score (nSPS) is 13.5. The third-order valence-electron chi connectivity index (χ3n) is 2.40. The molecule has 0 aliphatic carbocycles. The standard InChI is InChI=1S/C11H14Cl2N2O2S2/c1-6(2)10(11(14)18)15-19(16,17)9-4-7(12)3-8(13)5-9/h3-6,10,15H,1-2H3,(H2,14,18). The summed E-state index contributed by atoms with van der Waals surface area (Å²) >= 11 is 16.4. The molecule has 0 spiro atoms. The fraction of sp³-hybridized carbons (Fsp3) is 0.364. The largest absolute Gasteiger partial charge is 0.392 e. The van der Waals surface area contributed by atoms with Crippen LogP contribution >= 0.6 is 35.4 Å². The fourth-order valence-corrected chi connectivity index (χ4v) is 3.94. The van der Waals surface area contributed by atoms with Gasteiger partial charge in [0, 0.05) is 10.0 Å². The molecule has 19 heavy (non-hydrogen) atoms. The van der Waals surface area contributed by atoms with Gasteiger partial charge in [0.25, 0.3) is 0 Å². The lowest BCUT2D eigenvalue weighted by atomic mass is 10.1. The number of sulfonamides is 1. The van der Waals surface area contributed by atoms with Crippen molar-refractivity contribution in [2.75, 3.05) is 0 Å². The lowest BCUT2D eigenvalue weighted by molar-refractivity contribution is 0.526. The Kier molecular flexibility index (Phi) is 5.58. The van der Waals surface area contributed by atoms with Gasteiger partial charge in [-0.25, -0.2) is 13.1 Å². The van der Waals surface area contributed by atoms with E-state index in [0.29, 0.717) is 0 Å². The molecule has 0 saturated carbocycles. The van der Waals surface area contributed by atoms with E-state index in [9.17, 15) is 8.42 Å². The van der Waals surface area contributed by atoms with Crippen molar-refractivity contribution >= 4 is 50.4 Å². The van der Waals surface area contributed by atoms with Gasteiger partial charge < -0.3 is 5.73 Å². The van der Waals surface area contributed by atoms with Crippen LogP contribution in [0.5, 0.6) is 0 Å². The highest BCUT2D eigenvalue weighted by atomic mass is 35.5. The molecule has 0 bridgehead atoms. The van der Waals surface area contributed by atoms with E-state index in [4.69, 9.17) is 41.2 Å². The fourth-order valence-electron chi connectivity index (χ4n) is 1.44. The molecule has 0 aliphatic rings. The molecule has 0 saturated heterocycles. The molecule has 106 valence electrons. The molecule has 0 radical (unpaired) electrons. The molecular weight excluding hydrogens is 327 g/mol. The molecule has 8 heteroatoms. The monoisotopic (exact) mass is 340 g/mol. The van der Waals surface area contributed by atoms with Crippen LogP contribution in [0.15, 0.2) is 23.1 Å². The molecule has 0 aromatic heterocycles. The van der Waals surface area contributed by atoms with Crippen molar-refractivity contribution in [3.05, 3.63) is 28.2 Å². The molecular formula is C11H14Cl2N2O2S2. The summed E-state index contributed by atoms with van der Waals surface area (Å²) in [5, 5.41) is 0.480. The minimum absolute atomic E-state index is 0.0214. The molecule has 0 aliphatic heterocycles. The van der Waals surface area contributed by atoms with Crippen molar-refractivity contribution < 1.29 is 8.42 Å². The Labute approximate surface area is 128 Å². The topological polar surface area (TPSA) is 72.2 Å². The third kappa shape index (κ3) is 4.57. The van der Waals surface area contributed by atoms with Crippen LogP contribution in [0.4, 0.5) is 0 Å². The zero-order valence-electron chi connectivity index (χ0n) is 10.4. The van der Waals surface area contributed by atoms with Crippen LogP contribution in [0.2, 0.25) is 10.0 Å². The average molecular weight is 341 g/mol. The Bertz CT molecular complexity index is 568. The van der Waals surface area contributed by atoms with Gasteiger partial charge in [0.05, 0.1) is 15.9 Å². The summed E-state index contributed by atoms with van der Waals surface area (Å²) in [4.78, 5) is 0.0681. The number of hydrogen-bond acceptors (Lipinski definition) is 3. The summed E-state index contributed by atoms with van der Waals surface area (Å²) in [7, 11) is -3.78. The van der Waals surface area contributed by atoms with Crippen LogP contribution in [0.25, 0.3) is 0 Å².